The van der Waals surface area contributed by atoms with Crippen molar-refractivity contribution >= 4 is 27.5 Å². The normalized spacial score (nSPS) is 16.8. The van der Waals surface area contributed by atoms with E-state index in [2.05, 4.69) is 26.2 Å². The Morgan fingerprint density at radius 3 is 2.76 bits per heavy atom. The van der Waals surface area contributed by atoms with Crippen LogP contribution in [0.3, 0.4) is 0 Å². The SMILES string of the molecule is O=C(CC1CCCCC1)Nc1ccc(Br)nc1. The molecule has 1 amide bonds. The number of halogens is 1. The molecule has 3 nitrogen and oxygen atoms in total. The molecule has 1 aliphatic carbocycles. The van der Waals surface area contributed by atoms with Crippen LogP contribution in [0.25, 0.3) is 0 Å². The van der Waals surface area contributed by atoms with E-state index < -0.39 is 0 Å². The molecular weight excluding hydrogens is 280 g/mol. The van der Waals surface area contributed by atoms with Gasteiger partial charge in [0, 0.05) is 6.42 Å². The van der Waals surface area contributed by atoms with Crippen molar-refractivity contribution in [2.24, 2.45) is 5.92 Å². The lowest BCUT2D eigenvalue weighted by Crippen LogP contribution is -2.18. The second kappa shape index (κ2) is 6.15. The first-order valence-corrected chi connectivity index (χ1v) is 6.95. The summed E-state index contributed by atoms with van der Waals surface area (Å²) in [6, 6.07) is 3.69. The fraction of sp³-hybridized carbons (Fsp3) is 0.538. The molecule has 1 fully saturated rings. The van der Waals surface area contributed by atoms with Crippen LogP contribution in [0.15, 0.2) is 22.9 Å². The third kappa shape index (κ3) is 4.11. The van der Waals surface area contributed by atoms with Gasteiger partial charge in [-0.05, 0) is 46.8 Å². The highest BCUT2D eigenvalue weighted by Crippen LogP contribution is 2.26. The molecule has 4 heteroatoms. The summed E-state index contributed by atoms with van der Waals surface area (Å²) in [4.78, 5) is 15.9. The van der Waals surface area contributed by atoms with Gasteiger partial charge in [0.05, 0.1) is 11.9 Å². The average Bonchev–Trinajstić information content (AvgIpc) is 2.33. The number of nitrogens with zero attached hydrogens (tertiary/aromatic N) is 1. The van der Waals surface area contributed by atoms with Gasteiger partial charge in [-0.2, -0.15) is 0 Å². The highest BCUT2D eigenvalue weighted by atomic mass is 79.9. The Hall–Kier alpha value is -0.900. The average molecular weight is 297 g/mol. The molecular formula is C13H17BrN2O. The number of carbonyl (C=O) groups is 1. The molecule has 0 saturated heterocycles. The molecule has 0 spiro atoms. The van der Waals surface area contributed by atoms with Crippen molar-refractivity contribution in [1.29, 1.82) is 0 Å². The number of anilines is 1. The molecule has 1 aromatic heterocycles. The lowest BCUT2D eigenvalue weighted by molar-refractivity contribution is -0.117. The molecule has 0 unspecified atom stereocenters. The van der Waals surface area contributed by atoms with E-state index in [-0.39, 0.29) is 5.91 Å². The van der Waals surface area contributed by atoms with E-state index in [1.165, 1.54) is 32.1 Å². The summed E-state index contributed by atoms with van der Waals surface area (Å²) in [7, 11) is 0. The Labute approximate surface area is 110 Å². The topological polar surface area (TPSA) is 42.0 Å². The molecule has 17 heavy (non-hydrogen) atoms. The predicted molar refractivity (Wildman–Crippen MR) is 71.8 cm³/mol. The van der Waals surface area contributed by atoms with Gasteiger partial charge in [0.25, 0.3) is 0 Å². The molecule has 0 aliphatic heterocycles. The first-order chi connectivity index (χ1) is 8.24. The highest BCUT2D eigenvalue weighted by molar-refractivity contribution is 9.10. The molecule has 0 aromatic carbocycles. The molecule has 1 heterocycles. The Morgan fingerprint density at radius 2 is 2.12 bits per heavy atom. The van der Waals surface area contributed by atoms with E-state index in [1.54, 1.807) is 6.20 Å². The fourth-order valence-electron chi connectivity index (χ4n) is 2.32. The summed E-state index contributed by atoms with van der Waals surface area (Å²) >= 11 is 3.27. The maximum atomic E-state index is 11.8. The van der Waals surface area contributed by atoms with E-state index in [1.807, 2.05) is 12.1 Å². The molecule has 2 rings (SSSR count). The van der Waals surface area contributed by atoms with Gasteiger partial charge in [0.1, 0.15) is 4.60 Å². The van der Waals surface area contributed by atoms with Gasteiger partial charge in [-0.15, -0.1) is 0 Å². The summed E-state index contributed by atoms with van der Waals surface area (Å²) in [5.74, 6) is 0.688. The summed E-state index contributed by atoms with van der Waals surface area (Å²) in [6.07, 6.45) is 8.60. The maximum Gasteiger partial charge on any atom is 0.224 e. The minimum absolute atomic E-state index is 0.112. The first-order valence-electron chi connectivity index (χ1n) is 6.15. The van der Waals surface area contributed by atoms with Crippen molar-refractivity contribution in [2.75, 3.05) is 5.32 Å². The Kier molecular flexibility index (Phi) is 4.54. The molecule has 1 saturated carbocycles. The second-order valence-electron chi connectivity index (χ2n) is 4.63. The number of rotatable bonds is 3. The van der Waals surface area contributed by atoms with Crippen LogP contribution in [-0.4, -0.2) is 10.9 Å². The van der Waals surface area contributed by atoms with Crippen molar-refractivity contribution in [2.45, 2.75) is 38.5 Å². The third-order valence-corrected chi connectivity index (χ3v) is 3.68. The summed E-state index contributed by atoms with van der Waals surface area (Å²) in [5, 5.41) is 2.89. The van der Waals surface area contributed by atoms with E-state index >= 15 is 0 Å². The van der Waals surface area contributed by atoms with Gasteiger partial charge in [-0.25, -0.2) is 4.98 Å². The Balaban J connectivity index is 1.82. The van der Waals surface area contributed by atoms with Crippen LogP contribution in [-0.2, 0) is 4.79 Å². The number of pyridine rings is 1. The first kappa shape index (κ1) is 12.6. The zero-order chi connectivity index (χ0) is 12.1. The van der Waals surface area contributed by atoms with E-state index in [0.717, 1.165) is 10.3 Å². The lowest BCUT2D eigenvalue weighted by Gasteiger charge is -2.20. The van der Waals surface area contributed by atoms with Gasteiger partial charge < -0.3 is 5.32 Å². The van der Waals surface area contributed by atoms with Crippen molar-refractivity contribution in [3.05, 3.63) is 22.9 Å². The minimum Gasteiger partial charge on any atom is -0.325 e. The zero-order valence-electron chi connectivity index (χ0n) is 9.79. The van der Waals surface area contributed by atoms with Crippen LogP contribution in [0.4, 0.5) is 5.69 Å². The standard InChI is InChI=1S/C13H17BrN2O/c14-12-7-6-11(9-15-12)16-13(17)8-10-4-2-1-3-5-10/h6-7,9-10H,1-5,8H2,(H,16,17). The predicted octanol–water partition coefficient (Wildman–Crippen LogP) is 3.75. The van der Waals surface area contributed by atoms with Crippen molar-refractivity contribution in [3.63, 3.8) is 0 Å². The minimum atomic E-state index is 0.112. The van der Waals surface area contributed by atoms with Gasteiger partial charge in [0.15, 0.2) is 0 Å². The largest absolute Gasteiger partial charge is 0.325 e. The van der Waals surface area contributed by atoms with Crippen LogP contribution in [0, 0.1) is 5.92 Å². The Morgan fingerprint density at radius 1 is 1.35 bits per heavy atom. The van der Waals surface area contributed by atoms with Crippen LogP contribution < -0.4 is 5.32 Å². The van der Waals surface area contributed by atoms with E-state index in [9.17, 15) is 4.79 Å². The zero-order valence-corrected chi connectivity index (χ0v) is 11.4. The van der Waals surface area contributed by atoms with Crippen molar-refractivity contribution in [3.8, 4) is 0 Å². The summed E-state index contributed by atoms with van der Waals surface area (Å²) < 4.78 is 0.780. The molecule has 1 N–H and O–H groups in total. The van der Waals surface area contributed by atoms with E-state index in [4.69, 9.17) is 0 Å². The summed E-state index contributed by atoms with van der Waals surface area (Å²) in [6.45, 7) is 0. The third-order valence-electron chi connectivity index (χ3n) is 3.21. The number of nitrogens with one attached hydrogen (secondary N) is 1. The van der Waals surface area contributed by atoms with Gasteiger partial charge in [-0.1, -0.05) is 19.3 Å². The fourth-order valence-corrected chi connectivity index (χ4v) is 2.55. The maximum absolute atomic E-state index is 11.8. The quantitative estimate of drug-likeness (QED) is 0.863. The molecule has 0 bridgehead atoms. The lowest BCUT2D eigenvalue weighted by atomic mass is 9.87. The number of hydrogen-bond donors (Lipinski definition) is 1. The Bertz CT molecular complexity index is 372. The number of carbonyl (C=O) groups excluding carboxylic acids is 1. The molecule has 1 aromatic rings. The van der Waals surface area contributed by atoms with Crippen LogP contribution in [0.5, 0.6) is 0 Å². The molecule has 0 radical (unpaired) electrons. The van der Waals surface area contributed by atoms with Crippen molar-refractivity contribution in [1.82, 2.24) is 4.98 Å². The van der Waals surface area contributed by atoms with Crippen LogP contribution >= 0.6 is 15.9 Å². The van der Waals surface area contributed by atoms with Gasteiger partial charge in [-0.3, -0.25) is 4.79 Å². The number of amides is 1. The van der Waals surface area contributed by atoms with Crippen molar-refractivity contribution < 1.29 is 4.79 Å². The van der Waals surface area contributed by atoms with Gasteiger partial charge >= 0.3 is 0 Å². The van der Waals surface area contributed by atoms with Gasteiger partial charge in [0.2, 0.25) is 5.91 Å². The van der Waals surface area contributed by atoms with Crippen LogP contribution in [0.1, 0.15) is 38.5 Å². The highest BCUT2D eigenvalue weighted by Gasteiger charge is 2.16. The number of hydrogen-bond acceptors (Lipinski definition) is 2. The molecule has 1 aliphatic rings. The molecule has 0 atom stereocenters. The second-order valence-corrected chi connectivity index (χ2v) is 5.44. The number of aromatic nitrogens is 1. The molecule has 92 valence electrons. The van der Waals surface area contributed by atoms with Crippen LogP contribution in [0.2, 0.25) is 0 Å². The monoisotopic (exact) mass is 296 g/mol. The summed E-state index contributed by atoms with van der Waals surface area (Å²) in [5.41, 5.74) is 0.772. The van der Waals surface area contributed by atoms with E-state index in [0.29, 0.717) is 12.3 Å². The smallest absolute Gasteiger partial charge is 0.224 e.